The summed E-state index contributed by atoms with van der Waals surface area (Å²) < 4.78 is 12.7. The molecule has 10 aromatic rings. The van der Waals surface area contributed by atoms with Gasteiger partial charge in [0.15, 0.2) is 28.9 Å². The van der Waals surface area contributed by atoms with Gasteiger partial charge in [-0.3, -0.25) is 0 Å². The average molecular weight is 644 g/mol. The molecule has 0 spiro atoms. The summed E-state index contributed by atoms with van der Waals surface area (Å²) in [5, 5.41) is 2.90. The molecule has 7 nitrogen and oxygen atoms in total. The van der Waals surface area contributed by atoms with E-state index >= 15 is 0 Å². The summed E-state index contributed by atoms with van der Waals surface area (Å²) in [6, 6.07) is 50.2. The Bertz CT molecular complexity index is 2810. The van der Waals surface area contributed by atoms with E-state index in [1.54, 1.807) is 0 Å². The molecule has 7 heteroatoms. The number of aromatic nitrogens is 5. The summed E-state index contributed by atoms with van der Waals surface area (Å²) >= 11 is 0. The largest absolute Gasteiger partial charge is 0.456 e. The first-order chi connectivity index (χ1) is 24.7. The molecule has 0 aliphatic heterocycles. The lowest BCUT2D eigenvalue weighted by atomic mass is 10.1. The molecule has 0 amide bonds. The number of hydrogen-bond donors (Lipinski definition) is 0. The van der Waals surface area contributed by atoms with Gasteiger partial charge in [-0.15, -0.1) is 0 Å². The first-order valence-electron chi connectivity index (χ1n) is 16.3. The van der Waals surface area contributed by atoms with Crippen LogP contribution < -0.4 is 0 Å². The molecule has 10 rings (SSSR count). The second-order valence-electron chi connectivity index (χ2n) is 12.1. The molecule has 50 heavy (non-hydrogen) atoms. The van der Waals surface area contributed by atoms with Crippen LogP contribution in [-0.2, 0) is 0 Å². The van der Waals surface area contributed by atoms with Crippen molar-refractivity contribution in [3.8, 4) is 56.8 Å². The van der Waals surface area contributed by atoms with Crippen LogP contribution in [0.3, 0.4) is 0 Å². The van der Waals surface area contributed by atoms with Crippen molar-refractivity contribution >= 4 is 44.0 Å². The fourth-order valence-corrected chi connectivity index (χ4v) is 6.50. The summed E-state index contributed by atoms with van der Waals surface area (Å²) in [4.78, 5) is 24.8. The number of fused-ring (bicyclic) bond motifs is 6. The lowest BCUT2D eigenvalue weighted by molar-refractivity contribution is 0.667. The minimum Gasteiger partial charge on any atom is -0.456 e. The molecule has 0 N–H and O–H groups in total. The first kappa shape index (κ1) is 28.1. The maximum Gasteiger partial charge on any atom is 0.180 e. The minimum absolute atomic E-state index is 0.572. The molecule has 0 fully saturated rings. The fourth-order valence-electron chi connectivity index (χ4n) is 6.50. The predicted molar refractivity (Wildman–Crippen MR) is 197 cm³/mol. The monoisotopic (exact) mass is 643 g/mol. The van der Waals surface area contributed by atoms with Crippen molar-refractivity contribution in [2.24, 2.45) is 0 Å². The molecule has 0 saturated carbocycles. The molecule has 234 valence electrons. The third kappa shape index (κ3) is 4.71. The Hall–Kier alpha value is -6.99. The summed E-state index contributed by atoms with van der Waals surface area (Å²) in [6.45, 7) is 0. The van der Waals surface area contributed by atoms with E-state index in [1.165, 1.54) is 0 Å². The van der Waals surface area contributed by atoms with Crippen molar-refractivity contribution in [2.45, 2.75) is 0 Å². The van der Waals surface area contributed by atoms with Gasteiger partial charge in [0.1, 0.15) is 28.0 Å². The summed E-state index contributed by atoms with van der Waals surface area (Å²) in [5.74, 6) is 2.41. The minimum atomic E-state index is 0.572. The van der Waals surface area contributed by atoms with Gasteiger partial charge in [0.05, 0.1) is 0 Å². The lowest BCUT2D eigenvalue weighted by Crippen LogP contribution is -2.00. The van der Waals surface area contributed by atoms with E-state index < -0.39 is 0 Å². The third-order valence-electron chi connectivity index (χ3n) is 8.95. The second kappa shape index (κ2) is 11.3. The van der Waals surface area contributed by atoms with Gasteiger partial charge in [0.25, 0.3) is 0 Å². The molecular weight excluding hydrogens is 619 g/mol. The van der Waals surface area contributed by atoms with E-state index in [4.69, 9.17) is 33.8 Å². The van der Waals surface area contributed by atoms with Crippen LogP contribution in [0.1, 0.15) is 0 Å². The van der Waals surface area contributed by atoms with Gasteiger partial charge in [-0.1, -0.05) is 109 Å². The Morgan fingerprint density at radius 1 is 0.320 bits per heavy atom. The molecule has 0 aliphatic carbocycles. The molecule has 0 atom stereocenters. The quantitative estimate of drug-likeness (QED) is 0.184. The van der Waals surface area contributed by atoms with Crippen LogP contribution >= 0.6 is 0 Å². The number of rotatable bonds is 5. The van der Waals surface area contributed by atoms with Gasteiger partial charge < -0.3 is 8.83 Å². The highest BCUT2D eigenvalue weighted by Crippen LogP contribution is 2.38. The van der Waals surface area contributed by atoms with Crippen LogP contribution in [-0.4, -0.2) is 24.9 Å². The molecule has 0 unspecified atom stereocenters. The number of nitrogens with zero attached hydrogens (tertiary/aromatic N) is 5. The van der Waals surface area contributed by atoms with Crippen molar-refractivity contribution in [1.29, 1.82) is 0 Å². The molecule has 6 aromatic carbocycles. The number of hydrogen-bond acceptors (Lipinski definition) is 7. The molecule has 4 heterocycles. The van der Waals surface area contributed by atoms with Crippen molar-refractivity contribution < 1.29 is 8.83 Å². The predicted octanol–water partition coefficient (Wildman–Crippen LogP) is 10.8. The number of furan rings is 2. The van der Waals surface area contributed by atoms with Crippen LogP contribution in [0.2, 0.25) is 0 Å². The van der Waals surface area contributed by atoms with Crippen LogP contribution in [0.4, 0.5) is 0 Å². The number of para-hydroxylation sites is 1. The van der Waals surface area contributed by atoms with Crippen LogP contribution in [0.5, 0.6) is 0 Å². The van der Waals surface area contributed by atoms with Crippen LogP contribution in [0.15, 0.2) is 160 Å². The highest BCUT2D eigenvalue weighted by atomic mass is 16.3. The third-order valence-corrected chi connectivity index (χ3v) is 8.95. The van der Waals surface area contributed by atoms with Crippen molar-refractivity contribution in [1.82, 2.24) is 24.9 Å². The topological polar surface area (TPSA) is 90.7 Å². The van der Waals surface area contributed by atoms with Gasteiger partial charge in [-0.2, -0.15) is 0 Å². The van der Waals surface area contributed by atoms with E-state index in [9.17, 15) is 0 Å². The van der Waals surface area contributed by atoms with Gasteiger partial charge in [0.2, 0.25) is 0 Å². The SMILES string of the molecule is c1ccc(-c2nc(-c3ccccc3)nc(-c3ccc4c(c3)oc3ccc(-c5nc(-c6ccccc6)c6oc7ccccc7c6n5)cc34)n2)cc1. The van der Waals surface area contributed by atoms with E-state index in [1.807, 2.05) is 140 Å². The van der Waals surface area contributed by atoms with Gasteiger partial charge in [0, 0.05) is 44.0 Å². The Morgan fingerprint density at radius 2 is 0.860 bits per heavy atom. The van der Waals surface area contributed by atoms with Crippen molar-refractivity contribution in [3.63, 3.8) is 0 Å². The Kier molecular flexibility index (Phi) is 6.35. The Balaban J connectivity index is 1.11. The Morgan fingerprint density at radius 3 is 1.56 bits per heavy atom. The lowest BCUT2D eigenvalue weighted by Gasteiger charge is -2.08. The van der Waals surface area contributed by atoms with Crippen LogP contribution in [0.25, 0.3) is 101 Å². The first-order valence-corrected chi connectivity index (χ1v) is 16.3. The van der Waals surface area contributed by atoms with E-state index in [0.717, 1.165) is 71.9 Å². The molecule has 0 radical (unpaired) electrons. The highest BCUT2D eigenvalue weighted by molar-refractivity contribution is 6.09. The zero-order valence-electron chi connectivity index (χ0n) is 26.5. The zero-order valence-corrected chi connectivity index (χ0v) is 26.5. The molecular formula is C43H25N5O2. The molecule has 4 aromatic heterocycles. The standard InChI is InChI=1S/C43H25N5O2/c1-4-12-26(13-5-1)37-39-38(32-18-10-11-19-34(32)50-39)45-42(44-37)29-21-23-35-33(24-29)31-22-20-30(25-36(31)49-35)43-47-40(27-14-6-2-7-15-27)46-41(48-43)28-16-8-3-9-17-28/h1-25H. The van der Waals surface area contributed by atoms with Gasteiger partial charge in [-0.05, 0) is 42.5 Å². The second-order valence-corrected chi connectivity index (χ2v) is 12.1. The zero-order chi connectivity index (χ0) is 33.0. The normalized spacial score (nSPS) is 11.6. The summed E-state index contributed by atoms with van der Waals surface area (Å²) in [6.07, 6.45) is 0. The maximum absolute atomic E-state index is 6.42. The van der Waals surface area contributed by atoms with E-state index in [0.29, 0.717) is 28.9 Å². The molecule has 0 saturated heterocycles. The van der Waals surface area contributed by atoms with Gasteiger partial charge in [-0.25, -0.2) is 24.9 Å². The summed E-state index contributed by atoms with van der Waals surface area (Å²) in [7, 11) is 0. The average Bonchev–Trinajstić information content (AvgIpc) is 3.76. The van der Waals surface area contributed by atoms with Crippen molar-refractivity contribution in [3.05, 3.63) is 152 Å². The maximum atomic E-state index is 6.42. The van der Waals surface area contributed by atoms with Gasteiger partial charge >= 0.3 is 0 Å². The Labute approximate surface area is 285 Å². The van der Waals surface area contributed by atoms with Crippen molar-refractivity contribution in [2.75, 3.05) is 0 Å². The smallest absolute Gasteiger partial charge is 0.180 e. The molecule has 0 aliphatic rings. The fraction of sp³-hybridized carbons (Fsp3) is 0. The summed E-state index contributed by atoms with van der Waals surface area (Å²) in [5.41, 5.74) is 9.02. The van der Waals surface area contributed by atoms with E-state index in [2.05, 4.69) is 12.1 Å². The van der Waals surface area contributed by atoms with Crippen LogP contribution in [0, 0.1) is 0 Å². The number of benzene rings is 6. The molecule has 0 bridgehead atoms. The highest BCUT2D eigenvalue weighted by Gasteiger charge is 2.19. The van der Waals surface area contributed by atoms with E-state index in [-0.39, 0.29) is 0 Å².